The van der Waals surface area contributed by atoms with Crippen LogP contribution in [0.25, 0.3) is 0 Å². The normalized spacial score (nSPS) is 10.4. The largest absolute Gasteiger partial charge is 0.487 e. The molecule has 0 atom stereocenters. The molecule has 0 saturated heterocycles. The number of nitrogens with two attached hydrogens (primary N) is 1. The first-order valence-corrected chi connectivity index (χ1v) is 6.65. The number of nitrogen functional groups attached to an aromatic ring is 1. The first-order valence-electron chi connectivity index (χ1n) is 5.48. The van der Waals surface area contributed by atoms with Crippen molar-refractivity contribution >= 4 is 33.2 Å². The van der Waals surface area contributed by atoms with Crippen molar-refractivity contribution in [3.8, 4) is 5.75 Å². The van der Waals surface area contributed by atoms with E-state index in [9.17, 15) is 0 Å². The summed E-state index contributed by atoms with van der Waals surface area (Å²) >= 11 is 9.50. The van der Waals surface area contributed by atoms with E-state index in [1.54, 1.807) is 0 Å². The Morgan fingerprint density at radius 1 is 1.22 bits per heavy atom. The van der Waals surface area contributed by atoms with Gasteiger partial charge in [0.05, 0.1) is 5.02 Å². The van der Waals surface area contributed by atoms with Gasteiger partial charge in [-0.15, -0.1) is 0 Å². The molecule has 0 aliphatic heterocycles. The summed E-state index contributed by atoms with van der Waals surface area (Å²) in [5.41, 5.74) is 8.58. The molecule has 2 rings (SSSR count). The molecule has 0 bridgehead atoms. The molecule has 0 aromatic heterocycles. The second-order valence-corrected chi connectivity index (χ2v) is 5.44. The summed E-state index contributed by atoms with van der Waals surface area (Å²) < 4.78 is 6.62. The highest BCUT2D eigenvalue weighted by atomic mass is 79.9. The van der Waals surface area contributed by atoms with Gasteiger partial charge in [0.1, 0.15) is 12.4 Å². The van der Waals surface area contributed by atoms with Gasteiger partial charge in [0.25, 0.3) is 0 Å². The predicted molar refractivity (Wildman–Crippen MR) is 79.1 cm³/mol. The van der Waals surface area contributed by atoms with Crippen molar-refractivity contribution < 1.29 is 4.74 Å². The summed E-state index contributed by atoms with van der Waals surface area (Å²) in [7, 11) is 0. The highest BCUT2D eigenvalue weighted by Gasteiger charge is 2.03. The monoisotopic (exact) mass is 325 g/mol. The molecule has 0 aliphatic rings. The van der Waals surface area contributed by atoms with E-state index >= 15 is 0 Å². The van der Waals surface area contributed by atoms with Crippen molar-refractivity contribution in [2.45, 2.75) is 13.5 Å². The Hall–Kier alpha value is -1.19. The third kappa shape index (κ3) is 3.40. The standard InChI is InChI=1S/C14H13BrClNO/c1-9-2-3-14(13(16)4-9)18-8-10-5-11(15)7-12(17)6-10/h2-7H,8,17H2,1H3. The Kier molecular flexibility index (Phi) is 4.15. The average Bonchev–Trinajstić information content (AvgIpc) is 2.26. The molecule has 4 heteroatoms. The van der Waals surface area contributed by atoms with Gasteiger partial charge in [0, 0.05) is 10.2 Å². The summed E-state index contributed by atoms with van der Waals surface area (Å²) in [6.07, 6.45) is 0. The van der Waals surface area contributed by atoms with Crippen LogP contribution in [-0.2, 0) is 6.61 Å². The molecule has 2 aromatic rings. The number of benzene rings is 2. The molecule has 0 unspecified atom stereocenters. The van der Waals surface area contributed by atoms with Crippen molar-refractivity contribution in [2.75, 3.05) is 5.73 Å². The lowest BCUT2D eigenvalue weighted by Crippen LogP contribution is -1.97. The Morgan fingerprint density at radius 3 is 2.67 bits per heavy atom. The quantitative estimate of drug-likeness (QED) is 0.838. The second kappa shape index (κ2) is 5.63. The van der Waals surface area contributed by atoms with Crippen LogP contribution in [0.4, 0.5) is 5.69 Å². The number of ether oxygens (including phenoxy) is 1. The number of anilines is 1. The van der Waals surface area contributed by atoms with Crippen molar-refractivity contribution in [2.24, 2.45) is 0 Å². The van der Waals surface area contributed by atoms with Gasteiger partial charge in [-0.25, -0.2) is 0 Å². The van der Waals surface area contributed by atoms with Crippen LogP contribution in [-0.4, -0.2) is 0 Å². The van der Waals surface area contributed by atoms with Crippen LogP contribution < -0.4 is 10.5 Å². The van der Waals surface area contributed by atoms with Crippen LogP contribution in [0.3, 0.4) is 0 Å². The fourth-order valence-electron chi connectivity index (χ4n) is 1.64. The number of rotatable bonds is 3. The van der Waals surface area contributed by atoms with Crippen LogP contribution >= 0.6 is 27.5 Å². The molecular weight excluding hydrogens is 314 g/mol. The molecule has 0 spiro atoms. The zero-order chi connectivity index (χ0) is 13.1. The van der Waals surface area contributed by atoms with Gasteiger partial charge in [-0.05, 0) is 48.4 Å². The highest BCUT2D eigenvalue weighted by molar-refractivity contribution is 9.10. The first-order chi connectivity index (χ1) is 8.54. The van der Waals surface area contributed by atoms with Crippen LogP contribution in [0, 0.1) is 6.92 Å². The molecule has 2 N–H and O–H groups in total. The molecule has 0 radical (unpaired) electrons. The summed E-state index contributed by atoms with van der Waals surface area (Å²) in [6, 6.07) is 11.4. The Balaban J connectivity index is 2.11. The Bertz CT molecular complexity index is 551. The summed E-state index contributed by atoms with van der Waals surface area (Å²) in [5.74, 6) is 0.681. The van der Waals surface area contributed by atoms with Gasteiger partial charge in [-0.2, -0.15) is 0 Å². The van der Waals surface area contributed by atoms with Crippen LogP contribution in [0.15, 0.2) is 40.9 Å². The summed E-state index contributed by atoms with van der Waals surface area (Å²) in [6.45, 7) is 2.43. The van der Waals surface area contributed by atoms with E-state index in [1.807, 2.05) is 43.3 Å². The van der Waals surface area contributed by atoms with Gasteiger partial charge in [-0.3, -0.25) is 0 Å². The number of hydrogen-bond acceptors (Lipinski definition) is 2. The van der Waals surface area contributed by atoms with E-state index < -0.39 is 0 Å². The lowest BCUT2D eigenvalue weighted by Gasteiger charge is -2.09. The smallest absolute Gasteiger partial charge is 0.138 e. The molecule has 0 aliphatic carbocycles. The molecule has 18 heavy (non-hydrogen) atoms. The van der Waals surface area contributed by atoms with Crippen molar-refractivity contribution in [1.29, 1.82) is 0 Å². The van der Waals surface area contributed by atoms with Gasteiger partial charge in [-0.1, -0.05) is 33.6 Å². The van der Waals surface area contributed by atoms with Crippen molar-refractivity contribution in [3.63, 3.8) is 0 Å². The third-order valence-electron chi connectivity index (χ3n) is 2.46. The van der Waals surface area contributed by atoms with Crippen molar-refractivity contribution in [3.05, 3.63) is 57.0 Å². The second-order valence-electron chi connectivity index (χ2n) is 4.12. The van der Waals surface area contributed by atoms with Crippen LogP contribution in [0.2, 0.25) is 5.02 Å². The van der Waals surface area contributed by atoms with Gasteiger partial charge >= 0.3 is 0 Å². The molecule has 0 fully saturated rings. The minimum absolute atomic E-state index is 0.437. The molecule has 2 nitrogen and oxygen atoms in total. The maximum Gasteiger partial charge on any atom is 0.138 e. The Labute approximate surface area is 120 Å². The maximum absolute atomic E-state index is 6.10. The van der Waals surface area contributed by atoms with E-state index in [-0.39, 0.29) is 0 Å². The fourth-order valence-corrected chi connectivity index (χ4v) is 2.49. The number of aryl methyl sites for hydroxylation is 1. The molecule has 0 heterocycles. The maximum atomic E-state index is 6.10. The van der Waals surface area contributed by atoms with E-state index in [2.05, 4.69) is 15.9 Å². The minimum atomic E-state index is 0.437. The Morgan fingerprint density at radius 2 is 2.00 bits per heavy atom. The zero-order valence-electron chi connectivity index (χ0n) is 9.91. The van der Waals surface area contributed by atoms with E-state index in [1.165, 1.54) is 0 Å². The summed E-state index contributed by atoms with van der Waals surface area (Å²) in [4.78, 5) is 0. The first kappa shape index (κ1) is 13.2. The highest BCUT2D eigenvalue weighted by Crippen LogP contribution is 2.26. The summed E-state index contributed by atoms with van der Waals surface area (Å²) in [5, 5.41) is 0.623. The van der Waals surface area contributed by atoms with Gasteiger partial charge < -0.3 is 10.5 Å². The lowest BCUT2D eigenvalue weighted by atomic mass is 10.2. The van der Waals surface area contributed by atoms with Crippen LogP contribution in [0.1, 0.15) is 11.1 Å². The topological polar surface area (TPSA) is 35.2 Å². The van der Waals surface area contributed by atoms with E-state index in [0.29, 0.717) is 23.1 Å². The number of halogens is 2. The molecule has 0 amide bonds. The van der Waals surface area contributed by atoms with Crippen molar-refractivity contribution in [1.82, 2.24) is 0 Å². The van der Waals surface area contributed by atoms with E-state index in [0.717, 1.165) is 15.6 Å². The van der Waals surface area contributed by atoms with Gasteiger partial charge in [0.15, 0.2) is 0 Å². The van der Waals surface area contributed by atoms with Crippen LogP contribution in [0.5, 0.6) is 5.75 Å². The zero-order valence-corrected chi connectivity index (χ0v) is 12.3. The van der Waals surface area contributed by atoms with Gasteiger partial charge in [0.2, 0.25) is 0 Å². The third-order valence-corrected chi connectivity index (χ3v) is 3.21. The molecule has 0 saturated carbocycles. The predicted octanol–water partition coefficient (Wildman–Crippen LogP) is 4.57. The average molecular weight is 327 g/mol. The molecule has 94 valence electrons. The van der Waals surface area contributed by atoms with E-state index in [4.69, 9.17) is 22.1 Å². The molecular formula is C14H13BrClNO. The lowest BCUT2D eigenvalue weighted by molar-refractivity contribution is 0.306. The number of hydrogen-bond donors (Lipinski definition) is 1. The fraction of sp³-hybridized carbons (Fsp3) is 0.143. The minimum Gasteiger partial charge on any atom is -0.487 e. The molecule has 2 aromatic carbocycles. The SMILES string of the molecule is Cc1ccc(OCc2cc(N)cc(Br)c2)c(Cl)c1.